The van der Waals surface area contributed by atoms with Crippen molar-refractivity contribution in [1.82, 2.24) is 5.32 Å². The van der Waals surface area contributed by atoms with E-state index in [1.54, 1.807) is 24.3 Å². The molecule has 2 aromatic carbocycles. The fourth-order valence-corrected chi connectivity index (χ4v) is 2.48. The molecule has 0 bridgehead atoms. The first kappa shape index (κ1) is 18.0. The van der Waals surface area contributed by atoms with Crippen LogP contribution in [-0.4, -0.2) is 18.4 Å². The molecule has 5 heteroatoms. The Hall–Kier alpha value is -2.33. The molecular weight excluding hydrogens is 324 g/mol. The van der Waals surface area contributed by atoms with Crippen molar-refractivity contribution in [3.8, 4) is 0 Å². The third-order valence-electron chi connectivity index (χ3n) is 3.52. The lowest BCUT2D eigenvalue weighted by atomic mass is 10.1. The van der Waals surface area contributed by atoms with Crippen LogP contribution in [0.5, 0.6) is 0 Å². The number of nitrogens with one attached hydrogen (secondary N) is 2. The lowest BCUT2D eigenvalue weighted by Crippen LogP contribution is -2.24. The molecule has 0 aromatic heterocycles. The van der Waals surface area contributed by atoms with E-state index in [4.69, 9.17) is 11.6 Å². The number of hydrogen-bond donors (Lipinski definition) is 2. The normalized spacial score (nSPS) is 10.2. The highest BCUT2D eigenvalue weighted by Gasteiger charge is 2.08. The van der Waals surface area contributed by atoms with Crippen LogP contribution in [0.4, 0.5) is 5.69 Å². The van der Waals surface area contributed by atoms with Gasteiger partial charge in [-0.3, -0.25) is 9.59 Å². The first-order valence-corrected chi connectivity index (χ1v) is 8.39. The molecule has 0 unspecified atom stereocenters. The summed E-state index contributed by atoms with van der Waals surface area (Å²) in [6, 6.07) is 14.4. The highest BCUT2D eigenvalue weighted by molar-refractivity contribution is 6.31. The maximum Gasteiger partial charge on any atom is 0.251 e. The Kier molecular flexibility index (Phi) is 6.82. The number of carbonyl (C=O) groups excluding carboxylic acids is 2. The van der Waals surface area contributed by atoms with Gasteiger partial charge in [-0.1, -0.05) is 42.8 Å². The Morgan fingerprint density at radius 1 is 1.08 bits per heavy atom. The second-order valence-electron chi connectivity index (χ2n) is 5.48. The van der Waals surface area contributed by atoms with Crippen LogP contribution < -0.4 is 10.6 Å². The molecule has 0 aliphatic rings. The van der Waals surface area contributed by atoms with Crippen LogP contribution in [0.15, 0.2) is 48.5 Å². The number of aryl methyl sites for hydroxylation is 1. The van der Waals surface area contributed by atoms with Crippen molar-refractivity contribution >= 4 is 29.1 Å². The lowest BCUT2D eigenvalue weighted by Gasteiger charge is -2.08. The zero-order valence-corrected chi connectivity index (χ0v) is 14.4. The second-order valence-corrected chi connectivity index (χ2v) is 5.88. The number of halogens is 1. The van der Waals surface area contributed by atoms with Gasteiger partial charge in [0.25, 0.3) is 5.91 Å². The van der Waals surface area contributed by atoms with Crippen LogP contribution in [0.25, 0.3) is 0 Å². The van der Waals surface area contributed by atoms with Crippen LogP contribution in [0, 0.1) is 0 Å². The smallest absolute Gasteiger partial charge is 0.251 e. The molecule has 2 aromatic rings. The molecule has 126 valence electrons. The molecule has 2 amide bonds. The van der Waals surface area contributed by atoms with Gasteiger partial charge >= 0.3 is 0 Å². The van der Waals surface area contributed by atoms with E-state index in [1.807, 2.05) is 31.2 Å². The number of benzene rings is 2. The number of hydrogen-bond acceptors (Lipinski definition) is 2. The van der Waals surface area contributed by atoms with E-state index in [0.717, 1.165) is 12.0 Å². The van der Waals surface area contributed by atoms with Gasteiger partial charge in [0.2, 0.25) is 5.91 Å². The first-order chi connectivity index (χ1) is 11.6. The van der Waals surface area contributed by atoms with Crippen LogP contribution >= 0.6 is 11.6 Å². The molecular formula is C19H21ClN2O2. The predicted octanol–water partition coefficient (Wildman–Crippen LogP) is 4.05. The summed E-state index contributed by atoms with van der Waals surface area (Å²) in [6.07, 6.45) is 1.78. The summed E-state index contributed by atoms with van der Waals surface area (Å²) in [5, 5.41) is 6.30. The number of anilines is 1. The number of amides is 2. The van der Waals surface area contributed by atoms with Crippen molar-refractivity contribution in [3.05, 3.63) is 64.7 Å². The Morgan fingerprint density at radius 3 is 2.62 bits per heavy atom. The fourth-order valence-electron chi connectivity index (χ4n) is 2.25. The van der Waals surface area contributed by atoms with E-state index in [2.05, 4.69) is 10.6 Å². The van der Waals surface area contributed by atoms with Crippen LogP contribution in [-0.2, 0) is 11.2 Å². The van der Waals surface area contributed by atoms with Gasteiger partial charge in [0.1, 0.15) is 0 Å². The molecule has 0 saturated carbocycles. The monoisotopic (exact) mass is 344 g/mol. The van der Waals surface area contributed by atoms with Crippen molar-refractivity contribution in [2.75, 3.05) is 11.9 Å². The molecule has 0 heterocycles. The third kappa shape index (κ3) is 5.39. The SMILES string of the molecule is CCCNC(=O)c1cccc(NC(=O)CCc2ccccc2Cl)c1. The van der Waals surface area contributed by atoms with E-state index in [1.165, 1.54) is 0 Å². The summed E-state index contributed by atoms with van der Waals surface area (Å²) >= 11 is 6.09. The average molecular weight is 345 g/mol. The molecule has 0 fully saturated rings. The molecule has 0 aliphatic heterocycles. The summed E-state index contributed by atoms with van der Waals surface area (Å²) in [5.74, 6) is -0.245. The molecule has 0 aliphatic carbocycles. The second kappa shape index (κ2) is 9.08. The van der Waals surface area contributed by atoms with E-state index in [-0.39, 0.29) is 11.8 Å². The van der Waals surface area contributed by atoms with Crippen LogP contribution in [0.2, 0.25) is 5.02 Å². The van der Waals surface area contributed by atoms with Gasteiger partial charge in [-0.05, 0) is 42.7 Å². The van der Waals surface area contributed by atoms with E-state index < -0.39 is 0 Å². The number of rotatable bonds is 7. The minimum atomic E-state index is -0.135. The molecule has 0 spiro atoms. The molecule has 2 rings (SSSR count). The van der Waals surface area contributed by atoms with Gasteiger partial charge < -0.3 is 10.6 Å². The molecule has 24 heavy (non-hydrogen) atoms. The average Bonchev–Trinajstić information content (AvgIpc) is 2.59. The summed E-state index contributed by atoms with van der Waals surface area (Å²) < 4.78 is 0. The lowest BCUT2D eigenvalue weighted by molar-refractivity contribution is -0.116. The Balaban J connectivity index is 1.92. The summed E-state index contributed by atoms with van der Waals surface area (Å²) in [4.78, 5) is 24.0. The van der Waals surface area contributed by atoms with Gasteiger partial charge in [0.15, 0.2) is 0 Å². The first-order valence-electron chi connectivity index (χ1n) is 8.01. The van der Waals surface area contributed by atoms with Gasteiger partial charge in [0, 0.05) is 29.2 Å². The zero-order valence-electron chi connectivity index (χ0n) is 13.6. The van der Waals surface area contributed by atoms with E-state index >= 15 is 0 Å². The van der Waals surface area contributed by atoms with Crippen LogP contribution in [0.1, 0.15) is 35.7 Å². The van der Waals surface area contributed by atoms with E-state index in [0.29, 0.717) is 35.7 Å². The molecule has 4 nitrogen and oxygen atoms in total. The zero-order chi connectivity index (χ0) is 17.4. The van der Waals surface area contributed by atoms with Gasteiger partial charge in [0.05, 0.1) is 0 Å². The molecule has 0 atom stereocenters. The quantitative estimate of drug-likeness (QED) is 0.796. The highest BCUT2D eigenvalue weighted by Crippen LogP contribution is 2.17. The minimum absolute atomic E-state index is 0.110. The largest absolute Gasteiger partial charge is 0.352 e. The van der Waals surface area contributed by atoms with E-state index in [9.17, 15) is 9.59 Å². The van der Waals surface area contributed by atoms with Crippen molar-refractivity contribution in [1.29, 1.82) is 0 Å². The minimum Gasteiger partial charge on any atom is -0.352 e. The standard InChI is InChI=1S/C19H21ClN2O2/c1-2-12-21-19(24)15-7-5-8-16(13-15)22-18(23)11-10-14-6-3-4-9-17(14)20/h3-9,13H,2,10-12H2,1H3,(H,21,24)(H,22,23). The fraction of sp³-hybridized carbons (Fsp3) is 0.263. The summed E-state index contributed by atoms with van der Waals surface area (Å²) in [5.41, 5.74) is 2.10. The van der Waals surface area contributed by atoms with Gasteiger partial charge in [-0.15, -0.1) is 0 Å². The predicted molar refractivity (Wildman–Crippen MR) is 97.5 cm³/mol. The topological polar surface area (TPSA) is 58.2 Å². The summed E-state index contributed by atoms with van der Waals surface area (Å²) in [6.45, 7) is 2.63. The Labute approximate surface area is 147 Å². The van der Waals surface area contributed by atoms with Crippen molar-refractivity contribution in [2.45, 2.75) is 26.2 Å². The van der Waals surface area contributed by atoms with Crippen molar-refractivity contribution < 1.29 is 9.59 Å². The summed E-state index contributed by atoms with van der Waals surface area (Å²) in [7, 11) is 0. The Bertz CT molecular complexity index is 716. The van der Waals surface area contributed by atoms with Crippen LogP contribution in [0.3, 0.4) is 0 Å². The van der Waals surface area contributed by atoms with Crippen molar-refractivity contribution in [3.63, 3.8) is 0 Å². The molecule has 0 saturated heterocycles. The van der Waals surface area contributed by atoms with Gasteiger partial charge in [-0.2, -0.15) is 0 Å². The number of carbonyl (C=O) groups is 2. The highest BCUT2D eigenvalue weighted by atomic mass is 35.5. The van der Waals surface area contributed by atoms with Crippen molar-refractivity contribution in [2.24, 2.45) is 0 Å². The maximum absolute atomic E-state index is 12.1. The molecule has 2 N–H and O–H groups in total. The molecule has 0 radical (unpaired) electrons. The van der Waals surface area contributed by atoms with Gasteiger partial charge in [-0.25, -0.2) is 0 Å². The maximum atomic E-state index is 12.1. The third-order valence-corrected chi connectivity index (χ3v) is 3.89. The Morgan fingerprint density at radius 2 is 1.88 bits per heavy atom.